The van der Waals surface area contributed by atoms with Crippen LogP contribution in [0.25, 0.3) is 0 Å². The fourth-order valence-corrected chi connectivity index (χ4v) is 4.48. The van der Waals surface area contributed by atoms with Crippen molar-refractivity contribution in [1.29, 1.82) is 0 Å². The van der Waals surface area contributed by atoms with Gasteiger partial charge in [-0.3, -0.25) is 9.52 Å². The summed E-state index contributed by atoms with van der Waals surface area (Å²) in [7, 11) is -2.21. The highest BCUT2D eigenvalue weighted by Crippen LogP contribution is 2.20. The van der Waals surface area contributed by atoms with Gasteiger partial charge in [0.1, 0.15) is 11.6 Å². The molecule has 0 saturated heterocycles. The average molecular weight is 461 g/mol. The SMILES string of the molecule is COc1ccc(CSCC(=O)Nc2ccc(S(=O)(=O)Nc3ccc(F)cc3)cc2)cc1. The molecule has 9 heteroatoms. The Morgan fingerprint density at radius 3 is 2.16 bits per heavy atom. The van der Waals surface area contributed by atoms with Gasteiger partial charge in [0.05, 0.1) is 17.8 Å². The molecule has 162 valence electrons. The number of anilines is 2. The number of nitrogens with one attached hydrogen (secondary N) is 2. The van der Waals surface area contributed by atoms with Gasteiger partial charge >= 0.3 is 0 Å². The Bertz CT molecular complexity index is 1120. The number of hydrogen-bond donors (Lipinski definition) is 2. The Morgan fingerprint density at radius 1 is 0.935 bits per heavy atom. The van der Waals surface area contributed by atoms with Crippen molar-refractivity contribution >= 4 is 39.1 Å². The minimum absolute atomic E-state index is 0.0312. The molecule has 0 spiro atoms. The first-order valence-electron chi connectivity index (χ1n) is 9.25. The molecule has 0 aliphatic heterocycles. The molecule has 0 atom stereocenters. The molecular weight excluding hydrogens is 439 g/mol. The molecule has 3 rings (SSSR count). The van der Waals surface area contributed by atoms with Crippen LogP contribution in [0.4, 0.5) is 15.8 Å². The molecule has 0 heterocycles. The third-order valence-corrected chi connectivity index (χ3v) is 6.61. The molecule has 2 N–H and O–H groups in total. The van der Waals surface area contributed by atoms with Crippen molar-refractivity contribution in [2.75, 3.05) is 22.9 Å². The van der Waals surface area contributed by atoms with Gasteiger partial charge in [-0.2, -0.15) is 0 Å². The molecular formula is C22H21FN2O4S2. The van der Waals surface area contributed by atoms with E-state index >= 15 is 0 Å². The maximum absolute atomic E-state index is 13.0. The van der Waals surface area contributed by atoms with E-state index in [9.17, 15) is 17.6 Å². The average Bonchev–Trinajstić information content (AvgIpc) is 2.76. The predicted molar refractivity (Wildman–Crippen MR) is 121 cm³/mol. The Morgan fingerprint density at radius 2 is 1.55 bits per heavy atom. The third-order valence-electron chi connectivity index (χ3n) is 4.21. The van der Waals surface area contributed by atoms with Crippen LogP contribution in [0.3, 0.4) is 0 Å². The summed E-state index contributed by atoms with van der Waals surface area (Å²) in [5, 5.41) is 2.74. The van der Waals surface area contributed by atoms with Crippen molar-refractivity contribution < 1.29 is 22.3 Å². The second-order valence-corrected chi connectivity index (χ2v) is 9.19. The molecule has 0 aromatic heterocycles. The van der Waals surface area contributed by atoms with Gasteiger partial charge in [-0.05, 0) is 66.2 Å². The molecule has 3 aromatic rings. The molecule has 3 aromatic carbocycles. The number of ether oxygens (including phenoxy) is 1. The van der Waals surface area contributed by atoms with Gasteiger partial charge in [0.15, 0.2) is 0 Å². The maximum Gasteiger partial charge on any atom is 0.261 e. The lowest BCUT2D eigenvalue weighted by Gasteiger charge is -2.10. The first kappa shape index (κ1) is 22.6. The van der Waals surface area contributed by atoms with E-state index in [0.29, 0.717) is 11.4 Å². The fourth-order valence-electron chi connectivity index (χ4n) is 2.63. The van der Waals surface area contributed by atoms with Crippen LogP contribution < -0.4 is 14.8 Å². The molecule has 0 bridgehead atoms. The van der Waals surface area contributed by atoms with Gasteiger partial charge in [0, 0.05) is 17.1 Å². The molecule has 0 aliphatic rings. The molecule has 1 amide bonds. The summed E-state index contributed by atoms with van der Waals surface area (Å²) >= 11 is 1.47. The number of halogens is 1. The lowest BCUT2D eigenvalue weighted by molar-refractivity contribution is -0.113. The lowest BCUT2D eigenvalue weighted by atomic mass is 10.2. The van der Waals surface area contributed by atoms with E-state index in [4.69, 9.17) is 4.74 Å². The van der Waals surface area contributed by atoms with Gasteiger partial charge in [0.25, 0.3) is 10.0 Å². The molecule has 0 saturated carbocycles. The minimum atomic E-state index is -3.82. The fraction of sp³-hybridized carbons (Fsp3) is 0.136. The van der Waals surface area contributed by atoms with Crippen molar-refractivity contribution in [1.82, 2.24) is 0 Å². The Balaban J connectivity index is 1.50. The highest BCUT2D eigenvalue weighted by molar-refractivity contribution is 7.99. The van der Waals surface area contributed by atoms with Crippen LogP contribution in [0.1, 0.15) is 5.56 Å². The number of methoxy groups -OCH3 is 1. The predicted octanol–water partition coefficient (Wildman–Crippen LogP) is 4.51. The topological polar surface area (TPSA) is 84.5 Å². The highest BCUT2D eigenvalue weighted by atomic mass is 32.2. The molecule has 31 heavy (non-hydrogen) atoms. The van der Waals surface area contributed by atoms with E-state index in [-0.39, 0.29) is 22.2 Å². The number of rotatable bonds is 9. The number of amides is 1. The molecule has 0 fully saturated rings. The van der Waals surface area contributed by atoms with Gasteiger partial charge < -0.3 is 10.1 Å². The standard InChI is InChI=1S/C22H21FN2O4S2/c1-29-20-10-2-16(3-11-20)14-30-15-22(26)24-18-8-12-21(13-9-18)31(27,28)25-19-6-4-17(23)5-7-19/h2-13,25H,14-15H2,1H3,(H,24,26). The number of carbonyl (C=O) groups excluding carboxylic acids is 1. The van der Waals surface area contributed by atoms with Crippen LogP contribution >= 0.6 is 11.8 Å². The van der Waals surface area contributed by atoms with E-state index in [1.54, 1.807) is 7.11 Å². The molecule has 0 unspecified atom stereocenters. The molecule has 6 nitrogen and oxygen atoms in total. The van der Waals surface area contributed by atoms with E-state index in [2.05, 4.69) is 10.0 Å². The molecule has 0 aliphatic carbocycles. The maximum atomic E-state index is 13.0. The van der Waals surface area contributed by atoms with E-state index in [1.165, 1.54) is 60.3 Å². The summed E-state index contributed by atoms with van der Waals surface area (Å²) in [5.74, 6) is 1.09. The van der Waals surface area contributed by atoms with Crippen LogP contribution in [-0.2, 0) is 20.6 Å². The van der Waals surface area contributed by atoms with Crippen molar-refractivity contribution in [2.24, 2.45) is 0 Å². The third kappa shape index (κ3) is 6.73. The summed E-state index contributed by atoms with van der Waals surface area (Å²) in [4.78, 5) is 12.2. The van der Waals surface area contributed by atoms with Crippen LogP contribution in [-0.4, -0.2) is 27.2 Å². The number of carbonyl (C=O) groups is 1. The largest absolute Gasteiger partial charge is 0.497 e. The van der Waals surface area contributed by atoms with Crippen molar-refractivity contribution in [2.45, 2.75) is 10.6 Å². The van der Waals surface area contributed by atoms with E-state index in [0.717, 1.165) is 11.3 Å². The van der Waals surface area contributed by atoms with Crippen molar-refractivity contribution in [3.63, 3.8) is 0 Å². The Hall–Kier alpha value is -3.04. The summed E-state index contributed by atoms with van der Waals surface area (Å²) in [6.07, 6.45) is 0. The van der Waals surface area contributed by atoms with Gasteiger partial charge in [-0.1, -0.05) is 12.1 Å². The second kappa shape index (κ2) is 10.3. The zero-order chi connectivity index (χ0) is 22.3. The quantitative estimate of drug-likeness (QED) is 0.491. The summed E-state index contributed by atoms with van der Waals surface area (Å²) in [6, 6.07) is 18.5. The van der Waals surface area contributed by atoms with E-state index in [1.807, 2.05) is 24.3 Å². The zero-order valence-corrected chi connectivity index (χ0v) is 18.3. The second-order valence-electron chi connectivity index (χ2n) is 6.53. The first-order valence-corrected chi connectivity index (χ1v) is 11.9. The first-order chi connectivity index (χ1) is 14.9. The minimum Gasteiger partial charge on any atom is -0.497 e. The Labute approximate surface area is 184 Å². The van der Waals surface area contributed by atoms with Crippen molar-refractivity contribution in [3.05, 3.63) is 84.2 Å². The normalized spacial score (nSPS) is 11.0. The van der Waals surface area contributed by atoms with Crippen LogP contribution in [0.2, 0.25) is 0 Å². The highest BCUT2D eigenvalue weighted by Gasteiger charge is 2.14. The van der Waals surface area contributed by atoms with Gasteiger partial charge in [-0.25, -0.2) is 12.8 Å². The van der Waals surface area contributed by atoms with Crippen molar-refractivity contribution in [3.8, 4) is 5.75 Å². The zero-order valence-electron chi connectivity index (χ0n) is 16.7. The van der Waals surface area contributed by atoms with Crippen LogP contribution in [0.15, 0.2) is 77.7 Å². The Kier molecular flexibility index (Phi) is 7.54. The monoisotopic (exact) mass is 460 g/mol. The number of thioether (sulfide) groups is 1. The van der Waals surface area contributed by atoms with Crippen LogP contribution in [0.5, 0.6) is 5.75 Å². The number of sulfonamides is 1. The van der Waals surface area contributed by atoms with Gasteiger partial charge in [-0.15, -0.1) is 11.8 Å². The summed E-state index contributed by atoms with van der Waals surface area (Å²) in [6.45, 7) is 0. The number of benzene rings is 3. The number of hydrogen-bond acceptors (Lipinski definition) is 5. The van der Waals surface area contributed by atoms with Crippen LogP contribution in [0, 0.1) is 5.82 Å². The lowest BCUT2D eigenvalue weighted by Crippen LogP contribution is -2.15. The smallest absolute Gasteiger partial charge is 0.261 e. The van der Waals surface area contributed by atoms with Gasteiger partial charge in [0.2, 0.25) is 5.91 Å². The van der Waals surface area contributed by atoms with E-state index < -0.39 is 15.8 Å². The summed E-state index contributed by atoms with van der Waals surface area (Å²) in [5.41, 5.74) is 1.84. The molecule has 0 radical (unpaired) electrons. The summed E-state index contributed by atoms with van der Waals surface area (Å²) < 4.78 is 45.3.